The average molecular weight is 191 g/mol. The van der Waals surface area contributed by atoms with E-state index in [1.54, 1.807) is 0 Å². The molecule has 2 rings (SSSR count). The van der Waals surface area contributed by atoms with E-state index in [4.69, 9.17) is 10.5 Å². The van der Waals surface area contributed by atoms with Crippen LogP contribution in [0.25, 0.3) is 0 Å². The van der Waals surface area contributed by atoms with Crippen molar-refractivity contribution < 1.29 is 4.74 Å². The Balaban J connectivity index is 2.49. The third kappa shape index (κ3) is 1.40. The molecule has 0 aromatic heterocycles. The second-order valence-corrected chi connectivity index (χ2v) is 4.48. The van der Waals surface area contributed by atoms with Crippen LogP contribution < -0.4 is 10.5 Å². The van der Waals surface area contributed by atoms with Gasteiger partial charge in [-0.25, -0.2) is 0 Å². The van der Waals surface area contributed by atoms with E-state index in [0.29, 0.717) is 6.54 Å². The minimum absolute atomic E-state index is 0.00961. The summed E-state index contributed by atoms with van der Waals surface area (Å²) in [6.07, 6.45) is 1.03. The average Bonchev–Trinajstić information content (AvgIpc) is 2.64. The van der Waals surface area contributed by atoms with Gasteiger partial charge in [-0.3, -0.25) is 0 Å². The first-order chi connectivity index (χ1) is 6.65. The maximum absolute atomic E-state index is 5.78. The number of para-hydroxylation sites is 1. The van der Waals surface area contributed by atoms with Crippen LogP contribution in [-0.2, 0) is 11.8 Å². The molecular formula is C12H17NO. The third-order valence-corrected chi connectivity index (χ3v) is 2.95. The van der Waals surface area contributed by atoms with Crippen LogP contribution in [0.1, 0.15) is 25.0 Å². The molecule has 2 heteroatoms. The van der Waals surface area contributed by atoms with Gasteiger partial charge in [-0.1, -0.05) is 32.0 Å². The molecule has 0 saturated carbocycles. The monoisotopic (exact) mass is 191 g/mol. The Labute approximate surface area is 85.1 Å². The lowest BCUT2D eigenvalue weighted by atomic mass is 9.83. The SMILES string of the molecule is CC(C)(CN)c1cccc2c1OCC2. The first-order valence-electron chi connectivity index (χ1n) is 5.10. The highest BCUT2D eigenvalue weighted by Gasteiger charge is 2.26. The number of hydrogen-bond acceptors (Lipinski definition) is 2. The first kappa shape index (κ1) is 9.53. The fraction of sp³-hybridized carbons (Fsp3) is 0.500. The smallest absolute Gasteiger partial charge is 0.126 e. The number of ether oxygens (including phenoxy) is 1. The second kappa shape index (κ2) is 3.28. The molecule has 14 heavy (non-hydrogen) atoms. The van der Waals surface area contributed by atoms with Gasteiger partial charge in [-0.05, 0) is 5.56 Å². The summed E-state index contributed by atoms with van der Waals surface area (Å²) in [6, 6.07) is 6.36. The van der Waals surface area contributed by atoms with Crippen LogP contribution in [0.4, 0.5) is 0 Å². The summed E-state index contributed by atoms with van der Waals surface area (Å²) in [5, 5.41) is 0. The van der Waals surface area contributed by atoms with Crippen LogP contribution in [0.2, 0.25) is 0 Å². The summed E-state index contributed by atoms with van der Waals surface area (Å²) in [5.41, 5.74) is 8.35. The van der Waals surface area contributed by atoms with Crippen LogP contribution in [0.15, 0.2) is 18.2 Å². The summed E-state index contributed by atoms with van der Waals surface area (Å²) < 4.78 is 5.66. The molecule has 76 valence electrons. The molecule has 2 N–H and O–H groups in total. The Morgan fingerprint density at radius 2 is 2.21 bits per heavy atom. The fourth-order valence-corrected chi connectivity index (χ4v) is 1.86. The van der Waals surface area contributed by atoms with Crippen molar-refractivity contribution >= 4 is 0 Å². The molecule has 0 amide bonds. The fourth-order valence-electron chi connectivity index (χ4n) is 1.86. The van der Waals surface area contributed by atoms with Gasteiger partial charge in [0.1, 0.15) is 5.75 Å². The zero-order chi connectivity index (χ0) is 10.2. The molecule has 0 fully saturated rings. The minimum atomic E-state index is 0.00961. The van der Waals surface area contributed by atoms with E-state index in [9.17, 15) is 0 Å². The molecule has 0 bridgehead atoms. The number of benzene rings is 1. The highest BCUT2D eigenvalue weighted by atomic mass is 16.5. The van der Waals surface area contributed by atoms with Gasteiger partial charge in [0.2, 0.25) is 0 Å². The number of fused-ring (bicyclic) bond motifs is 1. The van der Waals surface area contributed by atoms with E-state index < -0.39 is 0 Å². The molecule has 1 aromatic carbocycles. The molecule has 1 heterocycles. The summed E-state index contributed by atoms with van der Waals surface area (Å²) in [5.74, 6) is 1.07. The molecule has 0 spiro atoms. The predicted molar refractivity (Wildman–Crippen MR) is 57.7 cm³/mol. The van der Waals surface area contributed by atoms with Gasteiger partial charge in [0, 0.05) is 23.9 Å². The molecule has 0 atom stereocenters. The highest BCUT2D eigenvalue weighted by molar-refractivity contribution is 5.47. The molecule has 1 aromatic rings. The summed E-state index contributed by atoms with van der Waals surface area (Å²) in [6.45, 7) is 5.77. The van der Waals surface area contributed by atoms with Gasteiger partial charge in [-0.15, -0.1) is 0 Å². The maximum Gasteiger partial charge on any atom is 0.126 e. The van der Waals surface area contributed by atoms with Crippen molar-refractivity contribution in [1.29, 1.82) is 0 Å². The van der Waals surface area contributed by atoms with Crippen molar-refractivity contribution in [1.82, 2.24) is 0 Å². The lowest BCUT2D eigenvalue weighted by Crippen LogP contribution is -2.28. The normalized spacial score (nSPS) is 15.1. The van der Waals surface area contributed by atoms with E-state index in [1.165, 1.54) is 11.1 Å². The van der Waals surface area contributed by atoms with Crippen molar-refractivity contribution in [3.63, 3.8) is 0 Å². The number of rotatable bonds is 2. The minimum Gasteiger partial charge on any atom is -0.493 e. The van der Waals surface area contributed by atoms with Crippen LogP contribution in [0, 0.1) is 0 Å². The Bertz CT molecular complexity index is 344. The zero-order valence-electron chi connectivity index (χ0n) is 8.84. The lowest BCUT2D eigenvalue weighted by Gasteiger charge is -2.25. The number of nitrogens with two attached hydrogens (primary N) is 1. The van der Waals surface area contributed by atoms with Gasteiger partial charge >= 0.3 is 0 Å². The third-order valence-electron chi connectivity index (χ3n) is 2.95. The standard InChI is InChI=1S/C12H17NO/c1-12(2,8-13)10-5-3-4-9-6-7-14-11(9)10/h3-5H,6-8,13H2,1-2H3. The van der Waals surface area contributed by atoms with Gasteiger partial charge in [0.05, 0.1) is 6.61 Å². The molecule has 1 aliphatic heterocycles. The quantitative estimate of drug-likeness (QED) is 0.774. The van der Waals surface area contributed by atoms with Crippen molar-refractivity contribution in [2.24, 2.45) is 5.73 Å². The van der Waals surface area contributed by atoms with Crippen molar-refractivity contribution in [3.8, 4) is 5.75 Å². The van der Waals surface area contributed by atoms with Gasteiger partial charge in [0.25, 0.3) is 0 Å². The largest absolute Gasteiger partial charge is 0.493 e. The summed E-state index contributed by atoms with van der Waals surface area (Å²) >= 11 is 0. The van der Waals surface area contributed by atoms with Crippen molar-refractivity contribution in [2.75, 3.05) is 13.2 Å². The number of hydrogen-bond donors (Lipinski definition) is 1. The van der Waals surface area contributed by atoms with Crippen LogP contribution >= 0.6 is 0 Å². The van der Waals surface area contributed by atoms with Crippen molar-refractivity contribution in [2.45, 2.75) is 25.7 Å². The van der Waals surface area contributed by atoms with E-state index in [1.807, 2.05) is 0 Å². The van der Waals surface area contributed by atoms with Crippen molar-refractivity contribution in [3.05, 3.63) is 29.3 Å². The van der Waals surface area contributed by atoms with E-state index in [2.05, 4.69) is 32.0 Å². The van der Waals surface area contributed by atoms with E-state index in [-0.39, 0.29) is 5.41 Å². The Hall–Kier alpha value is -1.02. The maximum atomic E-state index is 5.78. The molecule has 0 saturated heterocycles. The van der Waals surface area contributed by atoms with Crippen LogP contribution in [-0.4, -0.2) is 13.2 Å². The topological polar surface area (TPSA) is 35.2 Å². The molecule has 0 radical (unpaired) electrons. The van der Waals surface area contributed by atoms with Crippen LogP contribution in [0.3, 0.4) is 0 Å². The lowest BCUT2D eigenvalue weighted by molar-refractivity contribution is 0.345. The highest BCUT2D eigenvalue weighted by Crippen LogP contribution is 2.36. The Morgan fingerprint density at radius 1 is 1.43 bits per heavy atom. The Morgan fingerprint density at radius 3 is 2.93 bits per heavy atom. The second-order valence-electron chi connectivity index (χ2n) is 4.48. The summed E-state index contributed by atoms with van der Waals surface area (Å²) in [4.78, 5) is 0. The van der Waals surface area contributed by atoms with Gasteiger partial charge < -0.3 is 10.5 Å². The Kier molecular flexibility index (Phi) is 2.23. The molecule has 1 aliphatic rings. The molecule has 0 aliphatic carbocycles. The van der Waals surface area contributed by atoms with Crippen LogP contribution in [0.5, 0.6) is 5.75 Å². The molecule has 0 unspecified atom stereocenters. The van der Waals surface area contributed by atoms with Gasteiger partial charge in [-0.2, -0.15) is 0 Å². The predicted octanol–water partition coefficient (Wildman–Crippen LogP) is 1.86. The van der Waals surface area contributed by atoms with Gasteiger partial charge in [0.15, 0.2) is 0 Å². The zero-order valence-corrected chi connectivity index (χ0v) is 8.84. The first-order valence-corrected chi connectivity index (χ1v) is 5.10. The van der Waals surface area contributed by atoms with E-state index >= 15 is 0 Å². The summed E-state index contributed by atoms with van der Waals surface area (Å²) in [7, 11) is 0. The molecule has 2 nitrogen and oxygen atoms in total. The molecular weight excluding hydrogens is 174 g/mol. The van der Waals surface area contributed by atoms with E-state index in [0.717, 1.165) is 18.8 Å².